The van der Waals surface area contributed by atoms with E-state index in [0.717, 1.165) is 6.42 Å². The molecule has 2 aliphatic carbocycles. The summed E-state index contributed by atoms with van der Waals surface area (Å²) >= 11 is 1.89. The van der Waals surface area contributed by atoms with Gasteiger partial charge in [0.2, 0.25) is 0 Å². The number of hydrogen-bond donors (Lipinski definition) is 0. The average Bonchev–Trinajstić information content (AvgIpc) is 3.85. The predicted molar refractivity (Wildman–Crippen MR) is 191 cm³/mol. The number of fused-ring (bicyclic) bond motifs is 9. The Balaban J connectivity index is 1.22. The Morgan fingerprint density at radius 1 is 0.644 bits per heavy atom. The van der Waals surface area contributed by atoms with E-state index in [4.69, 9.17) is 0 Å². The maximum atomic E-state index is 2.63. The number of benzene rings is 4. The lowest BCUT2D eigenvalue weighted by atomic mass is 9.91. The van der Waals surface area contributed by atoms with E-state index in [-0.39, 0.29) is 6.04 Å². The molecular formula is C41H31N3S. The van der Waals surface area contributed by atoms with E-state index in [2.05, 4.69) is 161 Å². The molecule has 0 fully saturated rings. The summed E-state index contributed by atoms with van der Waals surface area (Å²) in [5.41, 5.74) is 10.6. The first-order valence-electron chi connectivity index (χ1n) is 15.9. The first-order valence-corrected chi connectivity index (χ1v) is 16.8. The SMILES string of the molecule is CC1CC=Cc2c1n(-c1cccc3c1N(c1ccc(-n4c5ccccc5c5ccccc54)s1)C1C=CC=CC31)c1ccccc21. The Labute approximate surface area is 266 Å². The van der Waals surface area contributed by atoms with Gasteiger partial charge in [0.15, 0.2) is 0 Å². The highest BCUT2D eigenvalue weighted by Crippen LogP contribution is 2.53. The van der Waals surface area contributed by atoms with Crippen molar-refractivity contribution in [2.45, 2.75) is 31.2 Å². The molecule has 3 unspecified atom stereocenters. The lowest BCUT2D eigenvalue weighted by molar-refractivity contribution is 0.722. The molecule has 0 saturated carbocycles. The minimum atomic E-state index is 0.228. The molecule has 1 aliphatic heterocycles. The topological polar surface area (TPSA) is 13.1 Å². The summed E-state index contributed by atoms with van der Waals surface area (Å²) < 4.78 is 5.02. The number of nitrogens with zero attached hydrogens (tertiary/aromatic N) is 3. The number of anilines is 2. The molecule has 3 aromatic heterocycles. The van der Waals surface area contributed by atoms with Crippen LogP contribution in [-0.2, 0) is 0 Å². The zero-order valence-electron chi connectivity index (χ0n) is 25.0. The summed E-state index contributed by atoms with van der Waals surface area (Å²) in [5.74, 6) is 0.743. The van der Waals surface area contributed by atoms with E-state index < -0.39 is 0 Å². The smallest absolute Gasteiger partial charge is 0.102 e. The molecule has 0 amide bonds. The van der Waals surface area contributed by atoms with E-state index in [1.807, 2.05) is 11.3 Å². The first-order chi connectivity index (χ1) is 22.3. The van der Waals surface area contributed by atoms with Crippen molar-refractivity contribution in [2.24, 2.45) is 0 Å². The Morgan fingerprint density at radius 2 is 1.31 bits per heavy atom. The van der Waals surface area contributed by atoms with Gasteiger partial charge in [0.1, 0.15) is 5.00 Å². The van der Waals surface area contributed by atoms with Gasteiger partial charge in [-0.15, -0.1) is 0 Å². The number of hydrogen-bond acceptors (Lipinski definition) is 2. The lowest BCUT2D eigenvalue weighted by Crippen LogP contribution is -2.28. The highest BCUT2D eigenvalue weighted by Gasteiger charge is 2.40. The highest BCUT2D eigenvalue weighted by molar-refractivity contribution is 7.18. The Morgan fingerprint density at radius 3 is 2.09 bits per heavy atom. The fraction of sp³-hybridized carbons (Fsp3) is 0.122. The van der Waals surface area contributed by atoms with Gasteiger partial charge in [-0.3, -0.25) is 0 Å². The molecule has 0 N–H and O–H groups in total. The normalized spacial score (nSPS) is 19.9. The molecule has 0 bridgehead atoms. The summed E-state index contributed by atoms with van der Waals surface area (Å²) in [4.78, 5) is 2.63. The zero-order chi connectivity index (χ0) is 29.6. The van der Waals surface area contributed by atoms with Crippen LogP contribution in [0, 0.1) is 0 Å². The fourth-order valence-electron chi connectivity index (χ4n) is 8.23. The number of allylic oxidation sites excluding steroid dienone is 3. The van der Waals surface area contributed by atoms with Crippen LogP contribution in [-0.4, -0.2) is 15.2 Å². The molecule has 3 atom stereocenters. The summed E-state index contributed by atoms with van der Waals surface area (Å²) in [6.07, 6.45) is 15.0. The summed E-state index contributed by atoms with van der Waals surface area (Å²) in [5, 5.41) is 6.43. The molecular weight excluding hydrogens is 567 g/mol. The van der Waals surface area contributed by atoms with E-state index in [9.17, 15) is 0 Å². The molecule has 7 aromatic rings. The second-order valence-corrected chi connectivity index (χ2v) is 13.6. The number of aromatic nitrogens is 2. The van der Waals surface area contributed by atoms with Crippen molar-refractivity contribution in [2.75, 3.05) is 4.90 Å². The second-order valence-electron chi connectivity index (χ2n) is 12.5. The van der Waals surface area contributed by atoms with Crippen molar-refractivity contribution < 1.29 is 0 Å². The molecule has 45 heavy (non-hydrogen) atoms. The predicted octanol–water partition coefficient (Wildman–Crippen LogP) is 11.0. The fourth-order valence-corrected chi connectivity index (χ4v) is 9.32. The highest BCUT2D eigenvalue weighted by atomic mass is 32.1. The zero-order valence-corrected chi connectivity index (χ0v) is 25.8. The summed E-state index contributed by atoms with van der Waals surface area (Å²) in [6, 6.07) is 38.4. The van der Waals surface area contributed by atoms with Gasteiger partial charge >= 0.3 is 0 Å². The number of thiophene rings is 1. The Bertz CT molecular complexity index is 2360. The monoisotopic (exact) mass is 597 g/mol. The molecule has 3 aliphatic rings. The molecule has 0 spiro atoms. The Hall–Kier alpha value is -5.06. The summed E-state index contributed by atoms with van der Waals surface area (Å²) in [6.45, 7) is 2.38. The van der Waals surface area contributed by atoms with Crippen LogP contribution in [0.15, 0.2) is 134 Å². The largest absolute Gasteiger partial charge is 0.323 e. The molecule has 3 nitrogen and oxygen atoms in total. The van der Waals surface area contributed by atoms with Crippen LogP contribution in [0.2, 0.25) is 0 Å². The lowest BCUT2D eigenvalue weighted by Gasteiger charge is -2.29. The third-order valence-corrected chi connectivity index (χ3v) is 11.2. The molecule has 4 aromatic carbocycles. The molecule has 0 radical (unpaired) electrons. The minimum absolute atomic E-state index is 0.228. The van der Waals surface area contributed by atoms with Crippen molar-refractivity contribution in [3.8, 4) is 10.7 Å². The molecule has 4 heterocycles. The Kier molecular flexibility index (Phi) is 5.32. The second kappa shape index (κ2) is 9.47. The minimum Gasteiger partial charge on any atom is -0.323 e. The first kappa shape index (κ1) is 25.3. The van der Waals surface area contributed by atoms with Gasteiger partial charge in [-0.05, 0) is 48.4 Å². The van der Waals surface area contributed by atoms with Gasteiger partial charge < -0.3 is 14.0 Å². The van der Waals surface area contributed by atoms with Gasteiger partial charge in [0.05, 0.1) is 39.0 Å². The number of rotatable bonds is 3. The van der Waals surface area contributed by atoms with Crippen LogP contribution in [0.3, 0.4) is 0 Å². The van der Waals surface area contributed by atoms with Crippen LogP contribution in [0.5, 0.6) is 0 Å². The maximum absolute atomic E-state index is 2.63. The van der Waals surface area contributed by atoms with Crippen molar-refractivity contribution in [3.63, 3.8) is 0 Å². The molecule has 0 saturated heterocycles. The molecule has 4 heteroatoms. The van der Waals surface area contributed by atoms with Gasteiger partial charge in [0.25, 0.3) is 0 Å². The van der Waals surface area contributed by atoms with Crippen LogP contribution in [0.4, 0.5) is 10.7 Å². The van der Waals surface area contributed by atoms with Crippen LogP contribution < -0.4 is 4.90 Å². The third-order valence-electron chi connectivity index (χ3n) is 10.1. The van der Waals surface area contributed by atoms with Gasteiger partial charge in [0, 0.05) is 39.3 Å². The van der Waals surface area contributed by atoms with E-state index in [0.29, 0.717) is 11.8 Å². The molecule has 216 valence electrons. The van der Waals surface area contributed by atoms with Crippen molar-refractivity contribution >= 4 is 60.8 Å². The van der Waals surface area contributed by atoms with E-state index in [1.54, 1.807) is 0 Å². The van der Waals surface area contributed by atoms with Crippen LogP contribution >= 0.6 is 11.3 Å². The van der Waals surface area contributed by atoms with Crippen molar-refractivity contribution in [1.29, 1.82) is 0 Å². The van der Waals surface area contributed by atoms with Crippen LogP contribution in [0.25, 0.3) is 49.5 Å². The average molecular weight is 598 g/mol. The van der Waals surface area contributed by atoms with Crippen LogP contribution in [0.1, 0.15) is 42.0 Å². The van der Waals surface area contributed by atoms with Crippen molar-refractivity contribution in [1.82, 2.24) is 9.13 Å². The van der Waals surface area contributed by atoms with Gasteiger partial charge in [-0.1, -0.05) is 121 Å². The van der Waals surface area contributed by atoms with Gasteiger partial charge in [-0.2, -0.15) is 0 Å². The van der Waals surface area contributed by atoms with Crippen molar-refractivity contribution in [3.05, 3.63) is 150 Å². The third kappa shape index (κ3) is 3.46. The van der Waals surface area contributed by atoms with Gasteiger partial charge in [-0.25, -0.2) is 0 Å². The maximum Gasteiger partial charge on any atom is 0.102 e. The van der Waals surface area contributed by atoms with E-state index in [1.165, 1.54) is 70.9 Å². The van der Waals surface area contributed by atoms with E-state index >= 15 is 0 Å². The standard InChI is InChI=1S/C41H31N3S/c1-26-12-10-17-31-29-15-4-8-21-35(29)43(40(26)31)37-23-11-18-32-30-16-5-9-22-36(30)44(41(32)37)39-25-24-38(45-39)42-33-19-6-2-13-27(33)28-14-3-7-20-34(28)42/h2-11,13-26,30,36H,12H2,1H3. The quantitative estimate of drug-likeness (QED) is 0.197. The number of para-hydroxylation sites is 4. The molecule has 10 rings (SSSR count). The summed E-state index contributed by atoms with van der Waals surface area (Å²) in [7, 11) is 0.